The van der Waals surface area contributed by atoms with E-state index in [1.165, 1.54) is 0 Å². The van der Waals surface area contributed by atoms with Crippen LogP contribution in [-0.4, -0.2) is 37.9 Å². The van der Waals surface area contributed by atoms with E-state index in [1.54, 1.807) is 13.2 Å². The van der Waals surface area contributed by atoms with Crippen molar-refractivity contribution in [2.24, 2.45) is 5.92 Å². The van der Waals surface area contributed by atoms with Crippen molar-refractivity contribution < 1.29 is 19.0 Å². The molecule has 1 aliphatic heterocycles. The van der Waals surface area contributed by atoms with Crippen LogP contribution in [0.2, 0.25) is 10.0 Å². The molecule has 0 radical (unpaired) electrons. The van der Waals surface area contributed by atoms with Crippen LogP contribution in [0.15, 0.2) is 36.4 Å². The Labute approximate surface area is 174 Å². The van der Waals surface area contributed by atoms with Crippen molar-refractivity contribution in [3.8, 4) is 11.5 Å². The average Bonchev–Trinajstić information content (AvgIpc) is 3.36. The van der Waals surface area contributed by atoms with Crippen molar-refractivity contribution in [2.75, 3.05) is 27.1 Å². The summed E-state index contributed by atoms with van der Waals surface area (Å²) in [4.78, 5) is 15.0. The van der Waals surface area contributed by atoms with Crippen molar-refractivity contribution in [2.45, 2.75) is 18.9 Å². The highest BCUT2D eigenvalue weighted by Gasteiger charge is 2.45. The third-order valence-electron chi connectivity index (χ3n) is 5.17. The summed E-state index contributed by atoms with van der Waals surface area (Å²) in [7, 11) is 1.64. The highest BCUT2D eigenvalue weighted by Crippen LogP contribution is 2.49. The van der Waals surface area contributed by atoms with Gasteiger partial charge in [-0.2, -0.15) is 0 Å². The topological polar surface area (TPSA) is 48.0 Å². The summed E-state index contributed by atoms with van der Waals surface area (Å²) < 4.78 is 16.0. The lowest BCUT2D eigenvalue weighted by Crippen LogP contribution is -2.34. The summed E-state index contributed by atoms with van der Waals surface area (Å²) in [6.45, 7) is 1.76. The highest BCUT2D eigenvalue weighted by molar-refractivity contribution is 6.42. The normalized spacial score (nSPS) is 19.5. The van der Waals surface area contributed by atoms with E-state index in [9.17, 15) is 4.79 Å². The molecule has 7 heteroatoms. The molecule has 1 fully saturated rings. The Kier molecular flexibility index (Phi) is 5.67. The van der Waals surface area contributed by atoms with Crippen LogP contribution in [0, 0.1) is 5.92 Å². The Hall–Kier alpha value is -1.95. The number of fused-ring (bicyclic) bond motifs is 1. The van der Waals surface area contributed by atoms with Gasteiger partial charge in [-0.3, -0.25) is 4.79 Å². The summed E-state index contributed by atoms with van der Waals surface area (Å²) in [5.41, 5.74) is 2.06. The molecule has 0 bridgehead atoms. The van der Waals surface area contributed by atoms with E-state index in [4.69, 9.17) is 37.4 Å². The van der Waals surface area contributed by atoms with Gasteiger partial charge in [-0.15, -0.1) is 0 Å². The Balaban J connectivity index is 1.46. The first kappa shape index (κ1) is 19.4. The van der Waals surface area contributed by atoms with Gasteiger partial charge in [0.25, 0.3) is 0 Å². The molecule has 2 atom stereocenters. The third-order valence-corrected chi connectivity index (χ3v) is 5.91. The van der Waals surface area contributed by atoms with Crippen LogP contribution < -0.4 is 9.47 Å². The van der Waals surface area contributed by atoms with Crippen molar-refractivity contribution >= 4 is 29.1 Å². The van der Waals surface area contributed by atoms with Gasteiger partial charge in [-0.1, -0.05) is 35.3 Å². The SMILES string of the molecule is COCCN(Cc1ccc2c(c1)OCO2)C(=O)C1CC1c1ccc(Cl)c(Cl)c1. The Morgan fingerprint density at radius 2 is 1.96 bits per heavy atom. The number of carbonyl (C=O) groups excluding carboxylic acids is 1. The molecule has 0 spiro atoms. The summed E-state index contributed by atoms with van der Waals surface area (Å²) in [5, 5.41) is 1.05. The number of benzene rings is 2. The predicted molar refractivity (Wildman–Crippen MR) is 107 cm³/mol. The summed E-state index contributed by atoms with van der Waals surface area (Å²) in [6, 6.07) is 11.4. The number of ether oxygens (including phenoxy) is 3. The second-order valence-corrected chi connectivity index (χ2v) is 7.88. The van der Waals surface area contributed by atoms with E-state index in [2.05, 4.69) is 0 Å². The van der Waals surface area contributed by atoms with Crippen molar-refractivity contribution in [3.05, 3.63) is 57.6 Å². The molecular weight excluding hydrogens is 401 g/mol. The van der Waals surface area contributed by atoms with Crippen LogP contribution in [0.1, 0.15) is 23.5 Å². The van der Waals surface area contributed by atoms with Gasteiger partial charge in [0.1, 0.15) is 0 Å². The number of nitrogens with zero attached hydrogens (tertiary/aromatic N) is 1. The standard InChI is InChI=1S/C21H21Cl2NO4/c1-26-7-6-24(11-13-2-5-19-20(8-13)28-12-27-19)21(25)16-10-15(16)14-3-4-17(22)18(23)9-14/h2-5,8-9,15-16H,6-7,10-12H2,1H3. The number of halogens is 2. The maximum atomic E-state index is 13.1. The number of rotatable bonds is 7. The number of amides is 1. The lowest BCUT2D eigenvalue weighted by atomic mass is 10.1. The lowest BCUT2D eigenvalue weighted by molar-refractivity contribution is -0.134. The second-order valence-electron chi connectivity index (χ2n) is 7.06. The molecule has 1 amide bonds. The zero-order valence-electron chi connectivity index (χ0n) is 15.5. The van der Waals surface area contributed by atoms with Crippen LogP contribution in [0.4, 0.5) is 0 Å². The molecule has 2 aliphatic rings. The van der Waals surface area contributed by atoms with Gasteiger partial charge in [-0.25, -0.2) is 0 Å². The molecular formula is C21H21Cl2NO4. The third kappa shape index (κ3) is 4.07. The van der Waals surface area contributed by atoms with Crippen molar-refractivity contribution in [1.82, 2.24) is 4.90 Å². The molecule has 0 saturated heterocycles. The van der Waals surface area contributed by atoms with E-state index < -0.39 is 0 Å². The fraction of sp³-hybridized carbons (Fsp3) is 0.381. The van der Waals surface area contributed by atoms with Crippen molar-refractivity contribution in [3.63, 3.8) is 0 Å². The molecule has 4 rings (SSSR count). The maximum absolute atomic E-state index is 13.1. The minimum Gasteiger partial charge on any atom is -0.454 e. The fourth-order valence-corrected chi connectivity index (χ4v) is 3.85. The predicted octanol–water partition coefficient (Wildman–Crippen LogP) is 4.50. The molecule has 1 saturated carbocycles. The fourth-order valence-electron chi connectivity index (χ4n) is 3.54. The molecule has 5 nitrogen and oxygen atoms in total. The van der Waals surface area contributed by atoms with Gasteiger partial charge in [-0.05, 0) is 47.7 Å². The highest BCUT2D eigenvalue weighted by atomic mass is 35.5. The largest absolute Gasteiger partial charge is 0.454 e. The Bertz CT molecular complexity index is 889. The number of methoxy groups -OCH3 is 1. The molecule has 148 valence electrons. The minimum absolute atomic E-state index is 0.0388. The van der Waals surface area contributed by atoms with E-state index in [0.29, 0.717) is 29.7 Å². The van der Waals surface area contributed by atoms with Crippen LogP contribution >= 0.6 is 23.2 Å². The van der Waals surface area contributed by atoms with Crippen molar-refractivity contribution in [1.29, 1.82) is 0 Å². The molecule has 0 N–H and O–H groups in total. The van der Waals surface area contributed by atoms with Gasteiger partial charge in [0.2, 0.25) is 12.7 Å². The van der Waals surface area contributed by atoms with Crippen LogP contribution in [0.5, 0.6) is 11.5 Å². The first-order valence-electron chi connectivity index (χ1n) is 9.18. The monoisotopic (exact) mass is 421 g/mol. The van der Waals surface area contributed by atoms with E-state index >= 15 is 0 Å². The van der Waals surface area contributed by atoms with Crippen LogP contribution in [0.3, 0.4) is 0 Å². The summed E-state index contributed by atoms with van der Waals surface area (Å²) in [5.74, 6) is 1.73. The molecule has 1 heterocycles. The number of hydrogen-bond acceptors (Lipinski definition) is 4. The van der Waals surface area contributed by atoms with Gasteiger partial charge in [0, 0.05) is 26.1 Å². The van der Waals surface area contributed by atoms with E-state index in [-0.39, 0.29) is 24.5 Å². The molecule has 28 heavy (non-hydrogen) atoms. The molecule has 2 unspecified atom stereocenters. The second kappa shape index (κ2) is 8.19. The van der Waals surface area contributed by atoms with Gasteiger partial charge in [0.15, 0.2) is 11.5 Å². The minimum atomic E-state index is -0.0388. The first-order chi connectivity index (χ1) is 13.6. The number of carbonyl (C=O) groups is 1. The van der Waals surface area contributed by atoms with Crippen LogP contribution in [0.25, 0.3) is 0 Å². The summed E-state index contributed by atoms with van der Waals surface area (Å²) >= 11 is 12.1. The molecule has 2 aromatic rings. The van der Waals surface area contributed by atoms with E-state index in [1.807, 2.05) is 35.2 Å². The van der Waals surface area contributed by atoms with Gasteiger partial charge in [0.05, 0.1) is 16.7 Å². The lowest BCUT2D eigenvalue weighted by Gasteiger charge is -2.23. The van der Waals surface area contributed by atoms with Gasteiger partial charge >= 0.3 is 0 Å². The maximum Gasteiger partial charge on any atom is 0.231 e. The quantitative estimate of drug-likeness (QED) is 0.659. The first-order valence-corrected chi connectivity index (χ1v) is 9.93. The number of hydrogen-bond donors (Lipinski definition) is 0. The van der Waals surface area contributed by atoms with Gasteiger partial charge < -0.3 is 19.1 Å². The van der Waals surface area contributed by atoms with Crippen LogP contribution in [-0.2, 0) is 16.1 Å². The molecule has 0 aromatic heterocycles. The zero-order chi connectivity index (χ0) is 19.7. The average molecular weight is 422 g/mol. The molecule has 2 aromatic carbocycles. The molecule has 1 aliphatic carbocycles. The van der Waals surface area contributed by atoms with E-state index in [0.717, 1.165) is 29.0 Å². The summed E-state index contributed by atoms with van der Waals surface area (Å²) in [6.07, 6.45) is 0.821. The Morgan fingerprint density at radius 3 is 2.75 bits per heavy atom. The Morgan fingerprint density at radius 1 is 1.14 bits per heavy atom. The smallest absolute Gasteiger partial charge is 0.231 e. The zero-order valence-corrected chi connectivity index (χ0v) is 17.0.